The molecule has 0 saturated carbocycles. The zero-order valence-electron chi connectivity index (χ0n) is 15.8. The Balaban J connectivity index is 1.75. The van der Waals surface area contributed by atoms with Gasteiger partial charge < -0.3 is 24.2 Å². The molecule has 1 aromatic carbocycles. The zero-order valence-corrected chi connectivity index (χ0v) is 15.8. The summed E-state index contributed by atoms with van der Waals surface area (Å²) < 4.78 is 16.3. The van der Waals surface area contributed by atoms with E-state index in [1.165, 1.54) is 0 Å². The average Bonchev–Trinajstić information content (AvgIpc) is 3.08. The molecule has 4 rings (SSSR count). The second-order valence-corrected chi connectivity index (χ2v) is 7.40. The maximum atomic E-state index is 12.0. The van der Waals surface area contributed by atoms with Crippen LogP contribution < -0.4 is 14.4 Å². The maximum Gasteiger partial charge on any atom is 0.314 e. The Hall–Kier alpha value is -2.54. The molecule has 2 aliphatic heterocycles. The number of anilines is 1. The molecule has 1 N–H and O–H groups in total. The van der Waals surface area contributed by atoms with Gasteiger partial charge in [0.15, 0.2) is 11.5 Å². The Morgan fingerprint density at radius 1 is 1.30 bits per heavy atom. The van der Waals surface area contributed by atoms with Crippen molar-refractivity contribution in [2.45, 2.75) is 13.3 Å². The summed E-state index contributed by atoms with van der Waals surface area (Å²) in [7, 11) is 3.21. The van der Waals surface area contributed by atoms with Crippen molar-refractivity contribution in [2.24, 2.45) is 11.3 Å². The van der Waals surface area contributed by atoms with Crippen LogP contribution in [-0.4, -0.2) is 56.6 Å². The summed E-state index contributed by atoms with van der Waals surface area (Å²) in [5.41, 5.74) is 1.02. The second kappa shape index (κ2) is 6.56. The molecule has 2 atom stereocenters. The number of hydrogen-bond donors (Lipinski definition) is 1. The first-order valence-electron chi connectivity index (χ1n) is 9.08. The minimum atomic E-state index is -0.847. The number of aromatic nitrogens is 1. The van der Waals surface area contributed by atoms with E-state index in [1.807, 2.05) is 25.1 Å². The van der Waals surface area contributed by atoms with Crippen LogP contribution in [0.5, 0.6) is 11.5 Å². The van der Waals surface area contributed by atoms with Crippen LogP contribution in [0, 0.1) is 18.3 Å². The molecule has 2 aliphatic rings. The van der Waals surface area contributed by atoms with Gasteiger partial charge in [0.1, 0.15) is 11.2 Å². The number of methoxy groups -OCH3 is 2. The fraction of sp³-hybridized carbons (Fsp3) is 0.500. The molecule has 2 aromatic rings. The molecular formula is C20H24N2O5. The van der Waals surface area contributed by atoms with Crippen molar-refractivity contribution in [1.29, 1.82) is 0 Å². The van der Waals surface area contributed by atoms with Crippen LogP contribution >= 0.6 is 0 Å². The highest BCUT2D eigenvalue weighted by molar-refractivity contribution is 5.87. The van der Waals surface area contributed by atoms with Crippen molar-refractivity contribution in [3.8, 4) is 11.5 Å². The molecule has 7 nitrogen and oxygen atoms in total. The van der Waals surface area contributed by atoms with Crippen LogP contribution in [0.2, 0.25) is 0 Å². The van der Waals surface area contributed by atoms with Crippen LogP contribution in [0.15, 0.2) is 18.2 Å². The molecule has 0 bridgehead atoms. The van der Waals surface area contributed by atoms with E-state index in [-0.39, 0.29) is 12.5 Å². The number of pyridine rings is 1. The Bertz CT molecular complexity index is 900. The molecule has 3 heterocycles. The molecular weight excluding hydrogens is 348 g/mol. The smallest absolute Gasteiger partial charge is 0.314 e. The summed E-state index contributed by atoms with van der Waals surface area (Å²) in [5, 5.41) is 10.8. The van der Waals surface area contributed by atoms with E-state index in [2.05, 4.69) is 4.90 Å². The lowest BCUT2D eigenvalue weighted by Crippen LogP contribution is -2.46. The highest BCUT2D eigenvalue weighted by atomic mass is 16.5. The third kappa shape index (κ3) is 2.77. The zero-order chi connectivity index (χ0) is 19.2. The van der Waals surface area contributed by atoms with Crippen molar-refractivity contribution in [2.75, 3.05) is 45.4 Å². The number of carboxylic acids is 1. The monoisotopic (exact) mass is 372 g/mol. The van der Waals surface area contributed by atoms with Gasteiger partial charge in [-0.25, -0.2) is 4.98 Å². The topological polar surface area (TPSA) is 81.1 Å². The summed E-state index contributed by atoms with van der Waals surface area (Å²) in [4.78, 5) is 18.9. The summed E-state index contributed by atoms with van der Waals surface area (Å²) in [5.74, 6) is 1.38. The lowest BCUT2D eigenvalue weighted by Gasteiger charge is -2.33. The SMILES string of the molecule is COc1cc2nc(N3C[C@@H]4CCOC[C@]4(C(=O)O)C3)cc(C)c2cc1OC. The van der Waals surface area contributed by atoms with Crippen LogP contribution in [0.25, 0.3) is 10.9 Å². The second-order valence-electron chi connectivity index (χ2n) is 7.40. The lowest BCUT2D eigenvalue weighted by molar-refractivity contribution is -0.159. The normalized spacial score (nSPS) is 24.7. The van der Waals surface area contributed by atoms with E-state index in [1.54, 1.807) is 14.2 Å². The van der Waals surface area contributed by atoms with E-state index in [0.717, 1.165) is 28.7 Å². The Kier molecular flexibility index (Phi) is 4.34. The van der Waals surface area contributed by atoms with Gasteiger partial charge in [0.05, 0.1) is 26.3 Å². The number of rotatable bonds is 4. The van der Waals surface area contributed by atoms with Gasteiger partial charge in [-0.3, -0.25) is 4.79 Å². The predicted octanol–water partition coefficient (Wildman–Crippen LogP) is 2.49. The number of hydrogen-bond acceptors (Lipinski definition) is 6. The van der Waals surface area contributed by atoms with Crippen LogP contribution in [-0.2, 0) is 9.53 Å². The minimum absolute atomic E-state index is 0.0759. The Morgan fingerprint density at radius 3 is 2.70 bits per heavy atom. The number of carbonyl (C=O) groups is 1. The van der Waals surface area contributed by atoms with Gasteiger partial charge in [-0.2, -0.15) is 0 Å². The summed E-state index contributed by atoms with van der Waals surface area (Å²) in [6.07, 6.45) is 0.764. The number of ether oxygens (including phenoxy) is 3. The van der Waals surface area contributed by atoms with Crippen molar-refractivity contribution in [3.63, 3.8) is 0 Å². The minimum Gasteiger partial charge on any atom is -0.493 e. The van der Waals surface area contributed by atoms with Crippen molar-refractivity contribution in [1.82, 2.24) is 4.98 Å². The van der Waals surface area contributed by atoms with Gasteiger partial charge in [-0.05, 0) is 37.0 Å². The molecule has 0 spiro atoms. The fourth-order valence-electron chi connectivity index (χ4n) is 4.33. The first kappa shape index (κ1) is 17.9. The number of fused-ring (bicyclic) bond motifs is 2. The molecule has 0 aliphatic carbocycles. The highest BCUT2D eigenvalue weighted by Crippen LogP contribution is 2.43. The van der Waals surface area contributed by atoms with Crippen LogP contribution in [0.1, 0.15) is 12.0 Å². The molecule has 7 heteroatoms. The third-order valence-corrected chi connectivity index (χ3v) is 5.92. The summed E-state index contributed by atoms with van der Waals surface area (Å²) in [6, 6.07) is 5.81. The molecule has 0 unspecified atom stereocenters. The van der Waals surface area contributed by atoms with Crippen molar-refractivity contribution >= 4 is 22.7 Å². The highest BCUT2D eigenvalue weighted by Gasteiger charge is 2.54. The van der Waals surface area contributed by atoms with Gasteiger partial charge in [0.25, 0.3) is 0 Å². The number of aliphatic carboxylic acids is 1. The first-order valence-corrected chi connectivity index (χ1v) is 9.08. The van der Waals surface area contributed by atoms with Crippen molar-refractivity contribution < 1.29 is 24.1 Å². The summed E-state index contributed by atoms with van der Waals surface area (Å²) in [6.45, 7) is 4.01. The quantitative estimate of drug-likeness (QED) is 0.883. The molecule has 2 fully saturated rings. The number of aryl methyl sites for hydroxylation is 1. The van der Waals surface area contributed by atoms with Crippen molar-refractivity contribution in [3.05, 3.63) is 23.8 Å². The first-order chi connectivity index (χ1) is 13.0. The maximum absolute atomic E-state index is 12.0. The van der Waals surface area contributed by atoms with Gasteiger partial charge >= 0.3 is 5.97 Å². The number of carboxylic acid groups (broad SMARTS) is 1. The van der Waals surface area contributed by atoms with E-state index >= 15 is 0 Å². The largest absolute Gasteiger partial charge is 0.493 e. The molecule has 1 aromatic heterocycles. The molecule has 0 radical (unpaired) electrons. The third-order valence-electron chi connectivity index (χ3n) is 5.92. The predicted molar refractivity (Wildman–Crippen MR) is 101 cm³/mol. The molecule has 27 heavy (non-hydrogen) atoms. The number of nitrogens with zero attached hydrogens (tertiary/aromatic N) is 2. The lowest BCUT2D eigenvalue weighted by atomic mass is 9.76. The van der Waals surface area contributed by atoms with Gasteiger partial charge in [-0.15, -0.1) is 0 Å². The van der Waals surface area contributed by atoms with E-state index in [0.29, 0.717) is 31.2 Å². The Labute approximate surface area is 157 Å². The number of benzene rings is 1. The van der Waals surface area contributed by atoms with Crippen LogP contribution in [0.3, 0.4) is 0 Å². The van der Waals surface area contributed by atoms with E-state index < -0.39 is 11.4 Å². The van der Waals surface area contributed by atoms with E-state index in [9.17, 15) is 9.90 Å². The standard InChI is InChI=1S/C20H24N2O5/c1-12-6-18(21-15-8-17(26-3)16(25-2)7-14(12)15)22-9-13-4-5-27-11-20(13,10-22)19(23)24/h6-8,13H,4-5,9-11H2,1-3H3,(H,23,24)/t13-,20+/m0/s1. The summed E-state index contributed by atoms with van der Waals surface area (Å²) >= 11 is 0. The molecule has 0 amide bonds. The van der Waals surface area contributed by atoms with Gasteiger partial charge in [0.2, 0.25) is 0 Å². The van der Waals surface area contributed by atoms with Gasteiger partial charge in [0, 0.05) is 31.1 Å². The average molecular weight is 372 g/mol. The van der Waals surface area contributed by atoms with Gasteiger partial charge in [-0.1, -0.05) is 0 Å². The fourth-order valence-corrected chi connectivity index (χ4v) is 4.33. The molecule has 2 saturated heterocycles. The van der Waals surface area contributed by atoms with Crippen LogP contribution in [0.4, 0.5) is 5.82 Å². The van der Waals surface area contributed by atoms with E-state index in [4.69, 9.17) is 19.2 Å². The molecule has 144 valence electrons. The Morgan fingerprint density at radius 2 is 2.04 bits per heavy atom.